The van der Waals surface area contributed by atoms with Crippen LogP contribution in [-0.4, -0.2) is 44.1 Å². The molecule has 3 N–H and O–H groups in total. The van der Waals surface area contributed by atoms with Crippen molar-refractivity contribution in [2.24, 2.45) is 11.7 Å². The smallest absolute Gasteiger partial charge is 0.415 e. The fourth-order valence-corrected chi connectivity index (χ4v) is 2.57. The molecule has 0 saturated carbocycles. The molecule has 1 aromatic rings. The Bertz CT molecular complexity index is 674. The van der Waals surface area contributed by atoms with Crippen LogP contribution in [0.2, 0.25) is 0 Å². The van der Waals surface area contributed by atoms with E-state index in [0.29, 0.717) is 43.5 Å². The van der Waals surface area contributed by atoms with Crippen LogP contribution >= 0.6 is 0 Å². The van der Waals surface area contributed by atoms with Crippen molar-refractivity contribution in [3.05, 3.63) is 35.9 Å². The molecule has 2 amide bonds. The molecule has 0 unspecified atom stereocenters. The average molecular weight is 406 g/mol. The lowest BCUT2D eigenvalue weighted by molar-refractivity contribution is -0.121. The summed E-state index contributed by atoms with van der Waals surface area (Å²) in [7, 11) is 3.12. The third-order valence-corrected chi connectivity index (χ3v) is 4.24. The summed E-state index contributed by atoms with van der Waals surface area (Å²) in [6.07, 6.45) is 7.24. The molecule has 7 nitrogen and oxygen atoms in total. The van der Waals surface area contributed by atoms with Crippen LogP contribution in [0.15, 0.2) is 30.4 Å². The monoisotopic (exact) mass is 405 g/mol. The van der Waals surface area contributed by atoms with Gasteiger partial charge in [0.2, 0.25) is 5.91 Å². The molecular formula is C22H35N3O4. The largest absolute Gasteiger partial charge is 0.493 e. The zero-order valence-electron chi connectivity index (χ0n) is 18.1. The van der Waals surface area contributed by atoms with Crippen molar-refractivity contribution in [1.29, 1.82) is 0 Å². The Kier molecular flexibility index (Phi) is 11.5. The maximum atomic E-state index is 12.0. The number of nitrogens with two attached hydrogens (primary N) is 1. The molecule has 0 aliphatic carbocycles. The fourth-order valence-electron chi connectivity index (χ4n) is 2.57. The molecule has 0 radical (unpaired) electrons. The van der Waals surface area contributed by atoms with Crippen molar-refractivity contribution in [2.75, 3.05) is 27.2 Å². The Labute approximate surface area is 174 Å². The van der Waals surface area contributed by atoms with Gasteiger partial charge in [-0.25, -0.2) is 4.79 Å². The second kappa shape index (κ2) is 13.6. The van der Waals surface area contributed by atoms with Gasteiger partial charge in [0.05, 0.1) is 7.11 Å². The van der Waals surface area contributed by atoms with Crippen molar-refractivity contribution >= 4 is 12.0 Å². The first kappa shape index (κ1) is 24.5. The van der Waals surface area contributed by atoms with Crippen molar-refractivity contribution in [3.8, 4) is 11.5 Å². The minimum absolute atomic E-state index is 0.0238. The van der Waals surface area contributed by atoms with Crippen LogP contribution in [0.25, 0.3) is 0 Å². The Balaban J connectivity index is 2.46. The number of hydrogen-bond donors (Lipinski definition) is 2. The zero-order chi connectivity index (χ0) is 21.6. The van der Waals surface area contributed by atoms with Gasteiger partial charge < -0.3 is 25.4 Å². The van der Waals surface area contributed by atoms with E-state index in [1.54, 1.807) is 25.2 Å². The van der Waals surface area contributed by atoms with Crippen molar-refractivity contribution in [1.82, 2.24) is 10.2 Å². The molecule has 0 aliphatic rings. The summed E-state index contributed by atoms with van der Waals surface area (Å²) in [5.41, 5.74) is 6.31. The third kappa shape index (κ3) is 9.99. The highest BCUT2D eigenvalue weighted by Gasteiger charge is 2.14. The molecule has 7 heteroatoms. The number of carbonyl (C=O) groups is 2. The van der Waals surface area contributed by atoms with Crippen molar-refractivity contribution in [3.63, 3.8) is 0 Å². The lowest BCUT2D eigenvalue weighted by atomic mass is 10.1. The lowest BCUT2D eigenvalue weighted by Gasteiger charge is -2.17. The minimum Gasteiger partial charge on any atom is -0.493 e. The topological polar surface area (TPSA) is 93.9 Å². The van der Waals surface area contributed by atoms with Crippen LogP contribution < -0.4 is 20.5 Å². The predicted octanol–water partition coefficient (Wildman–Crippen LogP) is 3.47. The van der Waals surface area contributed by atoms with E-state index in [4.69, 9.17) is 15.2 Å². The summed E-state index contributed by atoms with van der Waals surface area (Å²) >= 11 is 0. The Morgan fingerprint density at radius 2 is 2.00 bits per heavy atom. The number of nitrogens with zero attached hydrogens (tertiary/aromatic N) is 1. The maximum Gasteiger partial charge on any atom is 0.415 e. The van der Waals surface area contributed by atoms with Crippen LogP contribution in [0.4, 0.5) is 4.79 Å². The number of likely N-dealkylation sites (N-methyl/N-ethyl adjacent to an activating group) is 1. The van der Waals surface area contributed by atoms with Gasteiger partial charge in [-0.1, -0.05) is 32.1 Å². The molecule has 162 valence electrons. The molecule has 0 heterocycles. The second-order valence-corrected chi connectivity index (χ2v) is 7.26. The summed E-state index contributed by atoms with van der Waals surface area (Å²) < 4.78 is 10.7. The van der Waals surface area contributed by atoms with Crippen LogP contribution in [0.1, 0.15) is 45.1 Å². The summed E-state index contributed by atoms with van der Waals surface area (Å²) in [5, 5.41) is 2.91. The third-order valence-electron chi connectivity index (χ3n) is 4.24. The average Bonchev–Trinajstić information content (AvgIpc) is 2.69. The molecule has 0 spiro atoms. The molecule has 1 aromatic carbocycles. The number of hydrogen-bond acceptors (Lipinski definition) is 5. The number of methoxy groups -OCH3 is 1. The first-order valence-corrected chi connectivity index (χ1v) is 10.1. The predicted molar refractivity (Wildman–Crippen MR) is 115 cm³/mol. The van der Waals surface area contributed by atoms with E-state index in [1.807, 2.05) is 0 Å². The van der Waals surface area contributed by atoms with Crippen LogP contribution in [0, 0.1) is 5.92 Å². The number of benzene rings is 1. The van der Waals surface area contributed by atoms with Gasteiger partial charge in [-0.3, -0.25) is 4.79 Å². The van der Waals surface area contributed by atoms with Crippen LogP contribution in [-0.2, 0) is 11.3 Å². The molecule has 0 fully saturated rings. The highest BCUT2D eigenvalue weighted by Crippen LogP contribution is 2.28. The van der Waals surface area contributed by atoms with E-state index in [9.17, 15) is 9.59 Å². The van der Waals surface area contributed by atoms with E-state index < -0.39 is 6.09 Å². The molecule has 0 atom stereocenters. The number of carbonyl (C=O) groups excluding carboxylic acids is 2. The molecular weight excluding hydrogens is 370 g/mol. The van der Waals surface area contributed by atoms with Gasteiger partial charge in [0, 0.05) is 33.1 Å². The SMILES string of the molecule is COc1cc(CNC(=O)CCCC/C=C/C(C)C)ccc1OC(=O)N(C)CCN. The number of amides is 2. The first-order chi connectivity index (χ1) is 13.9. The second-order valence-electron chi connectivity index (χ2n) is 7.26. The lowest BCUT2D eigenvalue weighted by Crippen LogP contribution is -2.34. The van der Waals surface area contributed by atoms with Crippen LogP contribution in [0.3, 0.4) is 0 Å². The summed E-state index contributed by atoms with van der Waals surface area (Å²) in [6, 6.07) is 5.21. The Morgan fingerprint density at radius 1 is 1.24 bits per heavy atom. The van der Waals surface area contributed by atoms with Gasteiger partial charge in [-0.05, 0) is 42.9 Å². The Hall–Kier alpha value is -2.54. The molecule has 0 bridgehead atoms. The standard InChI is InChI=1S/C22H35N3O4/c1-17(2)9-7-5-6-8-10-21(26)24-16-18-11-12-19(20(15-18)28-4)29-22(27)25(3)14-13-23/h7,9,11-12,15,17H,5-6,8,10,13-14,16,23H2,1-4H3,(H,24,26)/b9-7+. The Morgan fingerprint density at radius 3 is 2.66 bits per heavy atom. The van der Waals surface area contributed by atoms with E-state index in [0.717, 1.165) is 24.8 Å². The van der Waals surface area contributed by atoms with E-state index in [1.165, 1.54) is 12.0 Å². The van der Waals surface area contributed by atoms with Gasteiger partial charge in [0.25, 0.3) is 0 Å². The van der Waals surface area contributed by atoms with E-state index >= 15 is 0 Å². The highest BCUT2D eigenvalue weighted by atomic mass is 16.6. The molecule has 0 saturated heterocycles. The number of unbranched alkanes of at least 4 members (excludes halogenated alkanes) is 2. The summed E-state index contributed by atoms with van der Waals surface area (Å²) in [6.45, 7) is 5.45. The normalized spacial score (nSPS) is 11.0. The number of rotatable bonds is 12. The number of ether oxygens (including phenoxy) is 2. The number of allylic oxidation sites excluding steroid dienone is 2. The summed E-state index contributed by atoms with van der Waals surface area (Å²) in [4.78, 5) is 25.4. The molecule has 1 rings (SSSR count). The summed E-state index contributed by atoms with van der Waals surface area (Å²) in [5.74, 6) is 1.35. The zero-order valence-corrected chi connectivity index (χ0v) is 18.1. The van der Waals surface area contributed by atoms with Gasteiger partial charge in [0.15, 0.2) is 11.5 Å². The van der Waals surface area contributed by atoms with E-state index in [-0.39, 0.29) is 5.91 Å². The highest BCUT2D eigenvalue weighted by molar-refractivity contribution is 5.76. The minimum atomic E-state index is -0.502. The van der Waals surface area contributed by atoms with Crippen molar-refractivity contribution in [2.45, 2.75) is 46.1 Å². The molecule has 0 aliphatic heterocycles. The van der Waals surface area contributed by atoms with Gasteiger partial charge in [-0.2, -0.15) is 0 Å². The fraction of sp³-hybridized carbons (Fsp3) is 0.545. The first-order valence-electron chi connectivity index (χ1n) is 10.1. The van der Waals surface area contributed by atoms with Gasteiger partial charge >= 0.3 is 6.09 Å². The van der Waals surface area contributed by atoms with Gasteiger partial charge in [-0.15, -0.1) is 0 Å². The number of nitrogens with one attached hydrogen (secondary N) is 1. The van der Waals surface area contributed by atoms with Crippen LogP contribution in [0.5, 0.6) is 11.5 Å². The van der Waals surface area contributed by atoms with Gasteiger partial charge in [0.1, 0.15) is 0 Å². The van der Waals surface area contributed by atoms with Crippen molar-refractivity contribution < 1.29 is 19.1 Å². The maximum absolute atomic E-state index is 12.0. The quantitative estimate of drug-likeness (QED) is 0.410. The molecule has 0 aromatic heterocycles. The molecule has 29 heavy (non-hydrogen) atoms. The van der Waals surface area contributed by atoms with E-state index in [2.05, 4.69) is 31.3 Å².